The SMILES string of the molecule is C#CC(CC)NC(=O)C1(CC)CCNC1. The fraction of sp³-hybridized carbons (Fsp3) is 0.750. The van der Waals surface area contributed by atoms with Crippen molar-refractivity contribution in [1.29, 1.82) is 0 Å². The number of hydrogen-bond acceptors (Lipinski definition) is 2. The highest BCUT2D eigenvalue weighted by molar-refractivity contribution is 5.83. The quantitative estimate of drug-likeness (QED) is 0.674. The largest absolute Gasteiger partial charge is 0.342 e. The zero-order chi connectivity index (χ0) is 11.3. The molecule has 3 heteroatoms. The third-order valence-electron chi connectivity index (χ3n) is 3.32. The first kappa shape index (κ1) is 12.1. The zero-order valence-electron chi connectivity index (χ0n) is 9.60. The second-order valence-electron chi connectivity index (χ2n) is 4.16. The molecule has 1 saturated heterocycles. The molecule has 1 rings (SSSR count). The summed E-state index contributed by atoms with van der Waals surface area (Å²) in [5.41, 5.74) is -0.232. The molecule has 0 bridgehead atoms. The van der Waals surface area contributed by atoms with Gasteiger partial charge in [0.15, 0.2) is 0 Å². The van der Waals surface area contributed by atoms with E-state index in [0.717, 1.165) is 32.4 Å². The van der Waals surface area contributed by atoms with Crippen molar-refractivity contribution in [1.82, 2.24) is 10.6 Å². The smallest absolute Gasteiger partial charge is 0.228 e. The molecule has 0 aliphatic carbocycles. The third kappa shape index (κ3) is 2.51. The molecule has 1 amide bonds. The second kappa shape index (κ2) is 5.18. The predicted octanol–water partition coefficient (Wildman–Crippen LogP) is 0.904. The van der Waals surface area contributed by atoms with E-state index in [1.54, 1.807) is 0 Å². The van der Waals surface area contributed by atoms with Gasteiger partial charge >= 0.3 is 0 Å². The molecule has 0 aromatic heterocycles. The van der Waals surface area contributed by atoms with Crippen LogP contribution in [0, 0.1) is 17.8 Å². The molecule has 0 radical (unpaired) electrons. The van der Waals surface area contributed by atoms with Crippen LogP contribution in [0.2, 0.25) is 0 Å². The summed E-state index contributed by atoms with van der Waals surface area (Å²) < 4.78 is 0. The zero-order valence-corrected chi connectivity index (χ0v) is 9.60. The summed E-state index contributed by atoms with van der Waals surface area (Å²) in [7, 11) is 0. The summed E-state index contributed by atoms with van der Waals surface area (Å²) in [6.07, 6.45) is 7.90. The molecule has 0 saturated carbocycles. The molecule has 1 aliphatic heterocycles. The van der Waals surface area contributed by atoms with Crippen molar-refractivity contribution in [3.63, 3.8) is 0 Å². The lowest BCUT2D eigenvalue weighted by molar-refractivity contribution is -0.130. The van der Waals surface area contributed by atoms with Gasteiger partial charge < -0.3 is 10.6 Å². The summed E-state index contributed by atoms with van der Waals surface area (Å²) in [6.45, 7) is 5.74. The lowest BCUT2D eigenvalue weighted by Crippen LogP contribution is -2.46. The molecule has 2 unspecified atom stereocenters. The number of hydrogen-bond donors (Lipinski definition) is 2. The summed E-state index contributed by atoms with van der Waals surface area (Å²) in [5, 5.41) is 6.18. The average molecular weight is 208 g/mol. The number of terminal acetylenes is 1. The lowest BCUT2D eigenvalue weighted by Gasteiger charge is -2.26. The maximum absolute atomic E-state index is 12.1. The van der Waals surface area contributed by atoms with Gasteiger partial charge in [0, 0.05) is 6.54 Å². The highest BCUT2D eigenvalue weighted by Gasteiger charge is 2.39. The number of amides is 1. The molecule has 0 spiro atoms. The Morgan fingerprint density at radius 1 is 1.67 bits per heavy atom. The third-order valence-corrected chi connectivity index (χ3v) is 3.32. The first-order valence-electron chi connectivity index (χ1n) is 5.66. The number of carbonyl (C=O) groups excluding carboxylic acids is 1. The molecule has 0 aromatic carbocycles. The molecule has 1 aliphatic rings. The Labute approximate surface area is 92.0 Å². The fourth-order valence-corrected chi connectivity index (χ4v) is 1.97. The number of carbonyl (C=O) groups is 1. The molecule has 3 nitrogen and oxygen atoms in total. The minimum atomic E-state index is -0.232. The van der Waals surface area contributed by atoms with Crippen LogP contribution in [0.15, 0.2) is 0 Å². The summed E-state index contributed by atoms with van der Waals surface area (Å²) in [5.74, 6) is 2.71. The second-order valence-corrected chi connectivity index (χ2v) is 4.16. The van der Waals surface area contributed by atoms with Gasteiger partial charge in [0.1, 0.15) is 0 Å². The van der Waals surface area contributed by atoms with Gasteiger partial charge in [-0.15, -0.1) is 6.42 Å². The van der Waals surface area contributed by atoms with Gasteiger partial charge in [0.25, 0.3) is 0 Å². The van der Waals surface area contributed by atoms with Crippen LogP contribution in [0.5, 0.6) is 0 Å². The Bertz CT molecular complexity index is 261. The van der Waals surface area contributed by atoms with Crippen LogP contribution in [0.4, 0.5) is 0 Å². The minimum absolute atomic E-state index is 0.111. The van der Waals surface area contributed by atoms with E-state index in [-0.39, 0.29) is 17.4 Å². The van der Waals surface area contributed by atoms with Crippen LogP contribution in [0.3, 0.4) is 0 Å². The van der Waals surface area contributed by atoms with Gasteiger partial charge in [-0.2, -0.15) is 0 Å². The van der Waals surface area contributed by atoms with Crippen molar-refractivity contribution in [2.75, 3.05) is 13.1 Å². The monoisotopic (exact) mass is 208 g/mol. The van der Waals surface area contributed by atoms with Gasteiger partial charge in [-0.3, -0.25) is 4.79 Å². The molecule has 15 heavy (non-hydrogen) atoms. The molecule has 1 fully saturated rings. The Kier molecular flexibility index (Phi) is 4.16. The molecule has 2 atom stereocenters. The van der Waals surface area contributed by atoms with Crippen molar-refractivity contribution in [2.45, 2.75) is 39.2 Å². The Morgan fingerprint density at radius 2 is 2.40 bits per heavy atom. The number of rotatable bonds is 4. The van der Waals surface area contributed by atoms with E-state index in [2.05, 4.69) is 23.5 Å². The van der Waals surface area contributed by atoms with Crippen LogP contribution >= 0.6 is 0 Å². The van der Waals surface area contributed by atoms with Crippen LogP contribution < -0.4 is 10.6 Å². The Hall–Kier alpha value is -1.01. The highest BCUT2D eigenvalue weighted by atomic mass is 16.2. The fourth-order valence-electron chi connectivity index (χ4n) is 1.97. The van der Waals surface area contributed by atoms with Crippen LogP contribution in [-0.4, -0.2) is 25.0 Å². The van der Waals surface area contributed by atoms with E-state index < -0.39 is 0 Å². The molecule has 84 valence electrons. The van der Waals surface area contributed by atoms with Gasteiger partial charge in [0.05, 0.1) is 11.5 Å². The lowest BCUT2D eigenvalue weighted by atomic mass is 9.83. The van der Waals surface area contributed by atoms with E-state index >= 15 is 0 Å². The van der Waals surface area contributed by atoms with Crippen molar-refractivity contribution in [3.05, 3.63) is 0 Å². The van der Waals surface area contributed by atoms with Gasteiger partial charge in [-0.05, 0) is 25.8 Å². The first-order chi connectivity index (χ1) is 7.18. The molecule has 0 aromatic rings. The van der Waals surface area contributed by atoms with E-state index in [4.69, 9.17) is 6.42 Å². The van der Waals surface area contributed by atoms with Crippen LogP contribution in [-0.2, 0) is 4.79 Å². The minimum Gasteiger partial charge on any atom is -0.342 e. The summed E-state index contributed by atoms with van der Waals surface area (Å²) in [6, 6.07) is -0.124. The van der Waals surface area contributed by atoms with Crippen molar-refractivity contribution in [2.24, 2.45) is 5.41 Å². The van der Waals surface area contributed by atoms with Crippen LogP contribution in [0.25, 0.3) is 0 Å². The van der Waals surface area contributed by atoms with Gasteiger partial charge in [-0.25, -0.2) is 0 Å². The van der Waals surface area contributed by atoms with Crippen LogP contribution in [0.1, 0.15) is 33.1 Å². The van der Waals surface area contributed by atoms with Gasteiger partial charge in [-0.1, -0.05) is 19.8 Å². The normalized spacial score (nSPS) is 27.0. The summed E-state index contributed by atoms with van der Waals surface area (Å²) in [4.78, 5) is 12.1. The maximum Gasteiger partial charge on any atom is 0.228 e. The predicted molar refractivity (Wildman–Crippen MR) is 61.3 cm³/mol. The molecule has 2 N–H and O–H groups in total. The topological polar surface area (TPSA) is 41.1 Å². The molecular weight excluding hydrogens is 188 g/mol. The average Bonchev–Trinajstić information content (AvgIpc) is 2.75. The standard InChI is InChI=1S/C12H20N2O/c1-4-10(5-2)14-11(15)12(6-3)7-8-13-9-12/h1,10,13H,5-9H2,2-3H3,(H,14,15). The number of nitrogens with one attached hydrogen (secondary N) is 2. The van der Waals surface area contributed by atoms with E-state index in [1.165, 1.54) is 0 Å². The maximum atomic E-state index is 12.1. The Balaban J connectivity index is 2.62. The summed E-state index contributed by atoms with van der Waals surface area (Å²) >= 11 is 0. The Morgan fingerprint density at radius 3 is 2.80 bits per heavy atom. The van der Waals surface area contributed by atoms with Crippen molar-refractivity contribution >= 4 is 5.91 Å². The van der Waals surface area contributed by atoms with E-state index in [1.807, 2.05) is 6.92 Å². The highest BCUT2D eigenvalue weighted by Crippen LogP contribution is 2.29. The van der Waals surface area contributed by atoms with Gasteiger partial charge in [0.2, 0.25) is 5.91 Å². The van der Waals surface area contributed by atoms with E-state index in [0.29, 0.717) is 0 Å². The van der Waals surface area contributed by atoms with Crippen molar-refractivity contribution < 1.29 is 4.79 Å². The molecular formula is C12H20N2O. The van der Waals surface area contributed by atoms with E-state index in [9.17, 15) is 4.79 Å². The van der Waals surface area contributed by atoms with Crippen molar-refractivity contribution in [3.8, 4) is 12.3 Å². The first-order valence-corrected chi connectivity index (χ1v) is 5.66. The molecule has 1 heterocycles.